The van der Waals surface area contributed by atoms with Gasteiger partial charge in [0.25, 0.3) is 0 Å². The summed E-state index contributed by atoms with van der Waals surface area (Å²) in [5, 5.41) is 2.71. The minimum absolute atomic E-state index is 0.0663. The monoisotopic (exact) mass is 288 g/mol. The van der Waals surface area contributed by atoms with Crippen LogP contribution in [0.25, 0.3) is 0 Å². The zero-order valence-corrected chi connectivity index (χ0v) is 12.2. The van der Waals surface area contributed by atoms with Crippen LogP contribution < -0.4 is 10.1 Å². The van der Waals surface area contributed by atoms with Gasteiger partial charge in [0.05, 0.1) is 5.25 Å². The van der Waals surface area contributed by atoms with Gasteiger partial charge in [0.15, 0.2) is 0 Å². The number of nitrogens with one attached hydrogen (secondary N) is 1. The van der Waals surface area contributed by atoms with Crippen molar-refractivity contribution < 1.29 is 9.53 Å². The second kappa shape index (κ2) is 6.96. The SMILES string of the molecule is CSC(C)C(=O)Nc1cccnc1Oc1ccccc1. The van der Waals surface area contributed by atoms with Crippen molar-refractivity contribution in [2.24, 2.45) is 0 Å². The molecule has 0 aliphatic rings. The van der Waals surface area contributed by atoms with Gasteiger partial charge in [0, 0.05) is 6.20 Å². The molecule has 4 nitrogen and oxygen atoms in total. The van der Waals surface area contributed by atoms with Crippen LogP contribution in [0, 0.1) is 0 Å². The fourth-order valence-electron chi connectivity index (χ4n) is 1.51. The van der Waals surface area contributed by atoms with Gasteiger partial charge < -0.3 is 10.1 Å². The predicted octanol–water partition coefficient (Wildman–Crippen LogP) is 3.56. The molecule has 5 heteroatoms. The number of carbonyl (C=O) groups is 1. The number of hydrogen-bond donors (Lipinski definition) is 1. The molecule has 0 fully saturated rings. The molecule has 0 spiro atoms. The molecule has 0 aliphatic heterocycles. The number of amides is 1. The number of aromatic nitrogens is 1. The highest BCUT2D eigenvalue weighted by atomic mass is 32.2. The third-order valence-corrected chi connectivity index (χ3v) is 3.63. The standard InChI is InChI=1S/C15H16N2O2S/c1-11(20-2)14(18)17-13-9-6-10-16-15(13)19-12-7-4-3-5-8-12/h3-11H,1-2H3,(H,17,18). The van der Waals surface area contributed by atoms with Gasteiger partial charge in [-0.1, -0.05) is 18.2 Å². The molecule has 0 aliphatic carbocycles. The number of carbonyl (C=O) groups excluding carboxylic acids is 1. The van der Waals surface area contributed by atoms with Gasteiger partial charge in [-0.2, -0.15) is 11.8 Å². The smallest absolute Gasteiger partial charge is 0.243 e. The van der Waals surface area contributed by atoms with Gasteiger partial charge in [0.1, 0.15) is 11.4 Å². The molecule has 0 saturated heterocycles. The Kier molecular flexibility index (Phi) is 5.01. The third-order valence-electron chi connectivity index (χ3n) is 2.71. The fraction of sp³-hybridized carbons (Fsp3) is 0.200. The van der Waals surface area contributed by atoms with Gasteiger partial charge in [0.2, 0.25) is 11.8 Å². The van der Waals surface area contributed by atoms with Crippen molar-refractivity contribution >= 4 is 23.4 Å². The quantitative estimate of drug-likeness (QED) is 0.914. The molecule has 0 bridgehead atoms. The lowest BCUT2D eigenvalue weighted by molar-refractivity contribution is -0.115. The van der Waals surface area contributed by atoms with Crippen LogP contribution in [0.5, 0.6) is 11.6 Å². The molecule has 1 N–H and O–H groups in total. The van der Waals surface area contributed by atoms with E-state index >= 15 is 0 Å². The highest BCUT2D eigenvalue weighted by Gasteiger charge is 2.14. The summed E-state index contributed by atoms with van der Waals surface area (Å²) in [7, 11) is 0. The largest absolute Gasteiger partial charge is 0.437 e. The van der Waals surface area contributed by atoms with E-state index < -0.39 is 0 Å². The first-order chi connectivity index (χ1) is 9.70. The Balaban J connectivity index is 2.16. The molecule has 2 aromatic rings. The summed E-state index contributed by atoms with van der Waals surface area (Å²) in [6.07, 6.45) is 3.53. The van der Waals surface area contributed by atoms with Crippen LogP contribution in [0.15, 0.2) is 48.7 Å². The minimum Gasteiger partial charge on any atom is -0.437 e. The number of pyridine rings is 1. The van der Waals surface area contributed by atoms with Crippen molar-refractivity contribution in [1.29, 1.82) is 0 Å². The first-order valence-corrected chi connectivity index (χ1v) is 7.51. The van der Waals surface area contributed by atoms with E-state index in [1.807, 2.05) is 43.5 Å². The predicted molar refractivity (Wildman–Crippen MR) is 82.4 cm³/mol. The van der Waals surface area contributed by atoms with Gasteiger partial charge in [-0.3, -0.25) is 4.79 Å². The summed E-state index contributed by atoms with van der Waals surface area (Å²) in [4.78, 5) is 16.1. The zero-order valence-electron chi connectivity index (χ0n) is 11.4. The topological polar surface area (TPSA) is 51.2 Å². The molecule has 1 aromatic heterocycles. The summed E-state index contributed by atoms with van der Waals surface area (Å²) < 4.78 is 5.69. The maximum absolute atomic E-state index is 11.9. The molecular formula is C15H16N2O2S. The maximum atomic E-state index is 11.9. The number of anilines is 1. The maximum Gasteiger partial charge on any atom is 0.243 e. The zero-order chi connectivity index (χ0) is 14.4. The molecule has 1 atom stereocenters. The number of thioether (sulfide) groups is 1. The van der Waals surface area contributed by atoms with E-state index in [9.17, 15) is 4.79 Å². The molecule has 104 valence electrons. The molecule has 1 heterocycles. The van der Waals surface area contributed by atoms with Crippen molar-refractivity contribution in [3.63, 3.8) is 0 Å². The molecule has 20 heavy (non-hydrogen) atoms. The van der Waals surface area contributed by atoms with Gasteiger partial charge in [-0.15, -0.1) is 0 Å². The van der Waals surface area contributed by atoms with Crippen molar-refractivity contribution in [3.8, 4) is 11.6 Å². The normalized spacial score (nSPS) is 11.7. The van der Waals surface area contributed by atoms with Crippen molar-refractivity contribution in [2.75, 3.05) is 11.6 Å². The second-order valence-electron chi connectivity index (χ2n) is 4.14. The van der Waals surface area contributed by atoms with E-state index in [2.05, 4.69) is 10.3 Å². The van der Waals surface area contributed by atoms with Crippen LogP contribution in [0.4, 0.5) is 5.69 Å². The number of benzene rings is 1. The van der Waals surface area contributed by atoms with Crippen LogP contribution >= 0.6 is 11.8 Å². The highest BCUT2D eigenvalue weighted by Crippen LogP contribution is 2.27. The minimum atomic E-state index is -0.125. The molecular weight excluding hydrogens is 272 g/mol. The molecule has 1 aromatic carbocycles. The van der Waals surface area contributed by atoms with Crippen LogP contribution in [-0.2, 0) is 4.79 Å². The summed E-state index contributed by atoms with van der Waals surface area (Å²) in [6.45, 7) is 1.86. The number of ether oxygens (including phenoxy) is 1. The Morgan fingerprint density at radius 2 is 2.00 bits per heavy atom. The Bertz CT molecular complexity index is 575. The molecule has 0 saturated carbocycles. The Morgan fingerprint density at radius 3 is 2.70 bits per heavy atom. The highest BCUT2D eigenvalue weighted by molar-refractivity contribution is 7.99. The number of para-hydroxylation sites is 1. The molecule has 2 rings (SSSR count). The molecule has 1 amide bonds. The van der Waals surface area contributed by atoms with E-state index in [-0.39, 0.29) is 11.2 Å². The van der Waals surface area contributed by atoms with Crippen molar-refractivity contribution in [2.45, 2.75) is 12.2 Å². The summed E-state index contributed by atoms with van der Waals surface area (Å²) in [6, 6.07) is 12.9. The first-order valence-electron chi connectivity index (χ1n) is 6.22. The average molecular weight is 288 g/mol. The van der Waals surface area contributed by atoms with E-state index in [0.717, 1.165) is 0 Å². The van der Waals surface area contributed by atoms with Crippen molar-refractivity contribution in [1.82, 2.24) is 4.98 Å². The summed E-state index contributed by atoms with van der Waals surface area (Å²) in [5.74, 6) is 1.00. The van der Waals surface area contributed by atoms with Crippen LogP contribution in [0.2, 0.25) is 0 Å². The molecule has 1 unspecified atom stereocenters. The summed E-state index contributed by atoms with van der Waals surface area (Å²) in [5.41, 5.74) is 0.572. The number of nitrogens with zero attached hydrogens (tertiary/aromatic N) is 1. The second-order valence-corrected chi connectivity index (χ2v) is 5.32. The number of hydrogen-bond acceptors (Lipinski definition) is 4. The lowest BCUT2D eigenvalue weighted by atomic mass is 10.3. The van der Waals surface area contributed by atoms with Crippen LogP contribution in [0.1, 0.15) is 6.92 Å². The summed E-state index contributed by atoms with van der Waals surface area (Å²) >= 11 is 1.49. The lowest BCUT2D eigenvalue weighted by Gasteiger charge is -2.13. The Morgan fingerprint density at radius 1 is 1.25 bits per heavy atom. The third kappa shape index (κ3) is 3.74. The lowest BCUT2D eigenvalue weighted by Crippen LogP contribution is -2.22. The van der Waals surface area contributed by atoms with E-state index in [0.29, 0.717) is 17.3 Å². The van der Waals surface area contributed by atoms with Gasteiger partial charge in [-0.25, -0.2) is 4.98 Å². The first kappa shape index (κ1) is 14.4. The van der Waals surface area contributed by atoms with Crippen molar-refractivity contribution in [3.05, 3.63) is 48.7 Å². The van der Waals surface area contributed by atoms with Crippen LogP contribution in [-0.4, -0.2) is 22.4 Å². The Hall–Kier alpha value is -2.01. The fourth-order valence-corrected chi connectivity index (χ4v) is 1.78. The number of rotatable bonds is 5. The average Bonchev–Trinajstić information content (AvgIpc) is 2.49. The molecule has 0 radical (unpaired) electrons. The van der Waals surface area contributed by atoms with E-state index in [4.69, 9.17) is 4.74 Å². The van der Waals surface area contributed by atoms with E-state index in [1.165, 1.54) is 11.8 Å². The van der Waals surface area contributed by atoms with Gasteiger partial charge in [-0.05, 0) is 37.4 Å². The van der Waals surface area contributed by atoms with Gasteiger partial charge >= 0.3 is 0 Å². The van der Waals surface area contributed by atoms with E-state index in [1.54, 1.807) is 18.3 Å². The Labute approximate surface area is 122 Å². The van der Waals surface area contributed by atoms with Crippen LogP contribution in [0.3, 0.4) is 0 Å².